The predicted octanol–water partition coefficient (Wildman–Crippen LogP) is 10.8. The summed E-state index contributed by atoms with van der Waals surface area (Å²) in [6.07, 6.45) is 26.2. The van der Waals surface area contributed by atoms with Crippen LogP contribution in [0.1, 0.15) is 176 Å². The molecule has 3 N–H and O–H groups in total. The smallest absolute Gasteiger partial charge is 0.339 e. The van der Waals surface area contributed by atoms with Crippen LogP contribution >= 0.6 is 0 Å². The number of carbonyl (C=O) groups is 2. The Kier molecular flexibility index (Phi) is 9.77. The molecule has 12 atom stereocenters. The van der Waals surface area contributed by atoms with Gasteiger partial charge < -0.3 is 25.2 Å². The van der Waals surface area contributed by atoms with Crippen molar-refractivity contribution in [2.45, 2.75) is 179 Å². The minimum absolute atomic E-state index is 0.152. The molecule has 9 heterocycles. The zero-order valence-electron chi connectivity index (χ0n) is 38.9. The number of hydrogen-bond donors (Lipinski definition) is 2. The summed E-state index contributed by atoms with van der Waals surface area (Å²) in [7, 11) is 0. The summed E-state index contributed by atoms with van der Waals surface area (Å²) in [6, 6.07) is 7.15. The number of aryl methyl sites for hydroxylation is 1. The highest BCUT2D eigenvalue weighted by Gasteiger charge is 2.93. The van der Waals surface area contributed by atoms with Gasteiger partial charge in [0, 0.05) is 61.2 Å². The van der Waals surface area contributed by atoms with Crippen LogP contribution in [0.25, 0.3) is 0 Å². The van der Waals surface area contributed by atoms with Gasteiger partial charge in [0.1, 0.15) is 11.2 Å². The number of ether oxygens (including phenoxy) is 2. The number of hydrogen-bond acceptors (Lipinski definition) is 8. The first-order valence-corrected chi connectivity index (χ1v) is 26.9. The standard InChI is InChI=1S/C56H75N3O5/c1-33-26-38-18-21-45-39-27-36-30-58(32-39)40(28-35-12-6-3-7-13-35)29-46(60)51-54-24-23-42-43(20-19-41(33)49(42)50(38)59(45)31-36)55(54,53(62)63-51)47(22-17-34-10-4-2-5-11-34)56(54)44-16-8-14-37(15-9-25-57)48(44)52(61)64-56/h8,14,16,33-36,39-41,45,47,49,60H,2-7,9-13,15,17-32,57H2,1H3/b51-46+/t33-,36+,39-,40-,41+,45+,47+,49-,54-,55+,56-/m1/s1. The molecule has 6 aliphatic carbocycles. The van der Waals surface area contributed by atoms with Crippen molar-refractivity contribution in [2.75, 3.05) is 26.2 Å². The van der Waals surface area contributed by atoms with Crippen LogP contribution in [0.2, 0.25) is 0 Å². The lowest BCUT2D eigenvalue weighted by molar-refractivity contribution is -0.279. The molecule has 12 bridgehead atoms. The van der Waals surface area contributed by atoms with E-state index in [1.165, 1.54) is 95.5 Å². The Morgan fingerprint density at radius 1 is 0.891 bits per heavy atom. The van der Waals surface area contributed by atoms with E-state index in [0.29, 0.717) is 84.6 Å². The van der Waals surface area contributed by atoms with Gasteiger partial charge in [0.2, 0.25) is 0 Å². The van der Waals surface area contributed by atoms with Gasteiger partial charge in [-0.25, -0.2) is 4.79 Å². The van der Waals surface area contributed by atoms with Crippen LogP contribution in [-0.4, -0.2) is 65.1 Å². The lowest BCUT2D eigenvalue weighted by atomic mass is 9.28. The molecule has 8 nitrogen and oxygen atoms in total. The third kappa shape index (κ3) is 5.42. The van der Waals surface area contributed by atoms with Gasteiger partial charge >= 0.3 is 11.9 Å². The molecule has 9 aliphatic heterocycles. The quantitative estimate of drug-likeness (QED) is 0.197. The van der Waals surface area contributed by atoms with E-state index in [1.807, 2.05) is 0 Å². The van der Waals surface area contributed by atoms with Crippen molar-refractivity contribution in [1.82, 2.24) is 9.80 Å². The van der Waals surface area contributed by atoms with Crippen LogP contribution in [0, 0.1) is 58.2 Å². The summed E-state index contributed by atoms with van der Waals surface area (Å²) in [5.41, 5.74) is 12.0. The maximum absolute atomic E-state index is 16.1. The second kappa shape index (κ2) is 15.2. The lowest BCUT2D eigenvalue weighted by Gasteiger charge is -2.72. The van der Waals surface area contributed by atoms with Crippen molar-refractivity contribution in [2.24, 2.45) is 63.9 Å². The van der Waals surface area contributed by atoms with Crippen molar-refractivity contribution in [3.63, 3.8) is 0 Å². The van der Waals surface area contributed by atoms with Gasteiger partial charge in [0.25, 0.3) is 0 Å². The highest BCUT2D eigenvalue weighted by molar-refractivity contribution is 6.00. The van der Waals surface area contributed by atoms with Gasteiger partial charge in [-0.2, -0.15) is 0 Å². The Bertz CT molecular complexity index is 2210. The molecule has 64 heavy (non-hydrogen) atoms. The molecule has 344 valence electrons. The molecule has 3 saturated carbocycles. The number of allylic oxidation sites excluding steroid dienone is 2. The number of nitrogens with zero attached hydrogens (tertiary/aromatic N) is 2. The van der Waals surface area contributed by atoms with Crippen LogP contribution in [0.3, 0.4) is 0 Å². The van der Waals surface area contributed by atoms with E-state index in [1.54, 1.807) is 16.8 Å². The largest absolute Gasteiger partial charge is 0.509 e. The summed E-state index contributed by atoms with van der Waals surface area (Å²) in [6.45, 7) is 6.42. The van der Waals surface area contributed by atoms with Gasteiger partial charge in [-0.05, 0) is 131 Å². The fourth-order valence-electron chi connectivity index (χ4n) is 19.0. The molecule has 0 radical (unpaired) electrons. The average molecular weight is 870 g/mol. The number of aliphatic hydroxyl groups excluding tert-OH is 1. The van der Waals surface area contributed by atoms with Crippen LogP contribution in [0.4, 0.5) is 0 Å². The molecular formula is C56H75N3O5. The second-order valence-corrected chi connectivity index (χ2v) is 23.9. The molecule has 6 fully saturated rings. The lowest BCUT2D eigenvalue weighted by Crippen LogP contribution is -2.77. The number of piperidine rings is 2. The van der Waals surface area contributed by atoms with E-state index in [4.69, 9.17) is 15.2 Å². The number of aliphatic hydroxyl groups is 1. The number of nitrogens with two attached hydrogens (primary N) is 1. The molecule has 15 aliphatic rings. The molecule has 0 amide bonds. The molecule has 16 rings (SSSR count). The third-order valence-electron chi connectivity index (χ3n) is 21.2. The van der Waals surface area contributed by atoms with Crippen molar-refractivity contribution < 1.29 is 24.2 Å². The zero-order chi connectivity index (χ0) is 43.1. The number of rotatable bonds is 8. The maximum Gasteiger partial charge on any atom is 0.339 e. The molecule has 1 aromatic rings. The Morgan fingerprint density at radius 2 is 1.70 bits per heavy atom. The Labute approximate surface area is 382 Å². The van der Waals surface area contributed by atoms with Gasteiger partial charge in [0.15, 0.2) is 11.4 Å². The maximum atomic E-state index is 16.1. The number of esters is 2. The number of carbonyl (C=O) groups excluding carboxylic acids is 2. The van der Waals surface area contributed by atoms with E-state index in [2.05, 4.69) is 34.9 Å². The fourth-order valence-corrected chi connectivity index (χ4v) is 19.0. The Morgan fingerprint density at radius 3 is 2.52 bits per heavy atom. The van der Waals surface area contributed by atoms with E-state index >= 15 is 4.79 Å². The van der Waals surface area contributed by atoms with Gasteiger partial charge in [-0.15, -0.1) is 0 Å². The highest BCUT2D eigenvalue weighted by atomic mass is 16.6. The van der Waals surface area contributed by atoms with Gasteiger partial charge in [0.05, 0.1) is 11.0 Å². The fraction of sp³-hybridized carbons (Fsp3) is 0.750. The number of benzene rings is 1. The Hall–Kier alpha value is -3.10. The van der Waals surface area contributed by atoms with Crippen LogP contribution in [-0.2, 0) is 26.3 Å². The molecule has 1 unspecified atom stereocenters. The minimum atomic E-state index is -1.09. The predicted molar refractivity (Wildman–Crippen MR) is 247 cm³/mol. The minimum Gasteiger partial charge on any atom is -0.509 e. The molecular weight excluding hydrogens is 795 g/mol. The van der Waals surface area contributed by atoms with Crippen molar-refractivity contribution in [3.05, 3.63) is 68.8 Å². The van der Waals surface area contributed by atoms with Crippen molar-refractivity contribution in [3.8, 4) is 0 Å². The first-order valence-electron chi connectivity index (χ1n) is 26.9. The topological polar surface area (TPSA) is 105 Å². The van der Waals surface area contributed by atoms with E-state index < -0.39 is 16.4 Å². The number of fused-ring (bicyclic) bond motifs is 2. The van der Waals surface area contributed by atoms with E-state index in [0.717, 1.165) is 75.7 Å². The monoisotopic (exact) mass is 870 g/mol. The zero-order valence-corrected chi connectivity index (χ0v) is 38.9. The summed E-state index contributed by atoms with van der Waals surface area (Å²) < 4.78 is 14.3. The van der Waals surface area contributed by atoms with Gasteiger partial charge in [-0.1, -0.05) is 106 Å². The van der Waals surface area contributed by atoms with Crippen molar-refractivity contribution >= 4 is 11.9 Å². The third-order valence-corrected chi connectivity index (χ3v) is 21.2. The first-order chi connectivity index (χ1) is 31.3. The van der Waals surface area contributed by atoms with Gasteiger partial charge in [-0.3, -0.25) is 9.69 Å². The van der Waals surface area contributed by atoms with E-state index in [-0.39, 0.29) is 29.7 Å². The van der Waals surface area contributed by atoms with Crippen LogP contribution < -0.4 is 5.73 Å². The summed E-state index contributed by atoms with van der Waals surface area (Å²) >= 11 is 0. The molecule has 8 heteroatoms. The van der Waals surface area contributed by atoms with Crippen LogP contribution in [0.5, 0.6) is 0 Å². The Balaban J connectivity index is 1.06. The normalized spacial score (nSPS) is 43.3. The molecule has 2 spiro atoms. The summed E-state index contributed by atoms with van der Waals surface area (Å²) in [5.74, 6) is 4.13. The summed E-state index contributed by atoms with van der Waals surface area (Å²) in [4.78, 5) is 36.8. The highest BCUT2D eigenvalue weighted by Crippen LogP contribution is 2.87. The molecule has 3 saturated heterocycles. The first kappa shape index (κ1) is 41.1. The van der Waals surface area contributed by atoms with Crippen molar-refractivity contribution in [1.29, 1.82) is 0 Å². The molecule has 1 aromatic carbocycles. The SMILES string of the molecule is C[C@@H]1CC2=C3[C@H]4C5=C(CC[C@H]41)[C@]14C(=O)O/C(=C(/O)C[C@@H](CC6CCCCC6)N6C[C@@H]7C[C@H](C6)[C@H](CC2)N3C7)[C@@]1(CC5)[C@]1(OC(=O)c2c(CCCN)cccc21)[C@H]4CCC1CCCCC1. The molecule has 0 aromatic heterocycles. The average Bonchev–Trinajstić information content (AvgIpc) is 3.76. The van der Waals surface area contributed by atoms with E-state index in [9.17, 15) is 9.90 Å². The summed E-state index contributed by atoms with van der Waals surface area (Å²) in [5, 5.41) is 13.3. The van der Waals surface area contributed by atoms with Crippen LogP contribution in [0.15, 0.2) is 52.1 Å². The second-order valence-electron chi connectivity index (χ2n) is 23.9.